The Labute approximate surface area is 107 Å². The molecule has 0 aliphatic heterocycles. The lowest BCUT2D eigenvalue weighted by Crippen LogP contribution is -2.31. The summed E-state index contributed by atoms with van der Waals surface area (Å²) in [6.45, 7) is 0.589. The molecule has 0 aromatic heterocycles. The topological polar surface area (TPSA) is 69.6 Å². The van der Waals surface area contributed by atoms with Crippen molar-refractivity contribution in [3.8, 4) is 0 Å². The second-order valence-electron chi connectivity index (χ2n) is 4.83. The molecule has 3 N–H and O–H groups in total. The van der Waals surface area contributed by atoms with Gasteiger partial charge in [-0.1, -0.05) is 30.3 Å². The van der Waals surface area contributed by atoms with Gasteiger partial charge in [0.05, 0.1) is 12.2 Å². The Hall–Kier alpha value is -1.39. The Morgan fingerprint density at radius 1 is 1.17 bits per heavy atom. The summed E-state index contributed by atoms with van der Waals surface area (Å²) in [5.74, 6) is -0.327. The lowest BCUT2D eigenvalue weighted by molar-refractivity contribution is -0.125. The van der Waals surface area contributed by atoms with Crippen LogP contribution < -0.4 is 5.32 Å². The molecule has 0 saturated heterocycles. The average molecular weight is 249 g/mol. The van der Waals surface area contributed by atoms with E-state index in [1.165, 1.54) is 5.56 Å². The summed E-state index contributed by atoms with van der Waals surface area (Å²) in [7, 11) is 0. The number of carbonyl (C=O) groups excluding carboxylic acids is 1. The minimum atomic E-state index is -0.755. The van der Waals surface area contributed by atoms with Crippen LogP contribution in [0.3, 0.4) is 0 Å². The summed E-state index contributed by atoms with van der Waals surface area (Å²) in [6.07, 6.45) is 0.00547. The second kappa shape index (κ2) is 5.98. The van der Waals surface area contributed by atoms with Gasteiger partial charge in [-0.25, -0.2) is 0 Å². The smallest absolute Gasteiger partial charge is 0.223 e. The van der Waals surface area contributed by atoms with E-state index in [9.17, 15) is 15.0 Å². The quantitative estimate of drug-likeness (QED) is 0.727. The molecule has 0 radical (unpaired) electrons. The molecule has 0 spiro atoms. The van der Waals surface area contributed by atoms with Gasteiger partial charge in [-0.15, -0.1) is 0 Å². The predicted molar refractivity (Wildman–Crippen MR) is 67.9 cm³/mol. The summed E-state index contributed by atoms with van der Waals surface area (Å²) >= 11 is 0. The summed E-state index contributed by atoms with van der Waals surface area (Å²) < 4.78 is 0. The molecule has 2 rings (SSSR count). The first kappa shape index (κ1) is 13.1. The van der Waals surface area contributed by atoms with Crippen LogP contribution in [0.2, 0.25) is 0 Å². The van der Waals surface area contributed by atoms with Crippen molar-refractivity contribution in [2.45, 2.75) is 31.5 Å². The highest BCUT2D eigenvalue weighted by atomic mass is 16.3. The molecule has 2 unspecified atom stereocenters. The van der Waals surface area contributed by atoms with Crippen molar-refractivity contribution in [3.63, 3.8) is 0 Å². The van der Waals surface area contributed by atoms with E-state index in [1.807, 2.05) is 30.3 Å². The first-order chi connectivity index (χ1) is 8.66. The molecule has 98 valence electrons. The molecule has 0 heterocycles. The van der Waals surface area contributed by atoms with Crippen molar-refractivity contribution in [2.75, 3.05) is 6.54 Å². The second-order valence-corrected chi connectivity index (χ2v) is 4.83. The molecule has 4 nitrogen and oxygen atoms in total. The maximum absolute atomic E-state index is 11.8. The fourth-order valence-corrected chi connectivity index (χ4v) is 2.33. The van der Waals surface area contributed by atoms with Gasteiger partial charge >= 0.3 is 0 Å². The van der Waals surface area contributed by atoms with E-state index >= 15 is 0 Å². The van der Waals surface area contributed by atoms with Crippen molar-refractivity contribution in [3.05, 3.63) is 35.9 Å². The van der Waals surface area contributed by atoms with E-state index in [1.54, 1.807) is 0 Å². The molecule has 1 aromatic carbocycles. The Kier molecular flexibility index (Phi) is 4.33. The van der Waals surface area contributed by atoms with Gasteiger partial charge in [-0.05, 0) is 24.8 Å². The highest BCUT2D eigenvalue weighted by Gasteiger charge is 2.35. The fraction of sp³-hybridized carbons (Fsp3) is 0.500. The number of hydrogen-bond donors (Lipinski definition) is 3. The third kappa shape index (κ3) is 3.31. The third-order valence-electron chi connectivity index (χ3n) is 3.42. The van der Waals surface area contributed by atoms with Crippen LogP contribution in [0.15, 0.2) is 30.3 Å². The molecular formula is C14H19NO3. The molecule has 4 heteroatoms. The average Bonchev–Trinajstić information content (AvgIpc) is 2.71. The Balaban J connectivity index is 1.73. The Bertz CT molecular complexity index is 383. The predicted octanol–water partition coefficient (Wildman–Crippen LogP) is 0.477. The molecule has 18 heavy (non-hydrogen) atoms. The van der Waals surface area contributed by atoms with Crippen molar-refractivity contribution in [1.29, 1.82) is 0 Å². The number of nitrogens with one attached hydrogen (secondary N) is 1. The van der Waals surface area contributed by atoms with E-state index in [0.29, 0.717) is 19.4 Å². The highest BCUT2D eigenvalue weighted by molar-refractivity contribution is 5.79. The zero-order valence-corrected chi connectivity index (χ0v) is 10.2. The summed E-state index contributed by atoms with van der Waals surface area (Å²) in [4.78, 5) is 11.8. The van der Waals surface area contributed by atoms with Gasteiger partial charge in [0.15, 0.2) is 0 Å². The maximum Gasteiger partial charge on any atom is 0.223 e. The van der Waals surface area contributed by atoms with Gasteiger partial charge in [0.2, 0.25) is 5.91 Å². The molecule has 1 aliphatic carbocycles. The molecule has 1 saturated carbocycles. The van der Waals surface area contributed by atoms with Gasteiger partial charge in [-0.2, -0.15) is 0 Å². The largest absolute Gasteiger partial charge is 0.390 e. The van der Waals surface area contributed by atoms with Crippen molar-refractivity contribution >= 4 is 5.91 Å². The van der Waals surface area contributed by atoms with Gasteiger partial charge in [0.25, 0.3) is 0 Å². The zero-order chi connectivity index (χ0) is 13.0. The first-order valence-electron chi connectivity index (χ1n) is 6.34. The van der Waals surface area contributed by atoms with Gasteiger partial charge in [-0.3, -0.25) is 4.79 Å². The van der Waals surface area contributed by atoms with E-state index in [2.05, 4.69) is 5.32 Å². The summed E-state index contributed by atoms with van der Waals surface area (Å²) in [5, 5.41) is 21.6. The first-order valence-corrected chi connectivity index (χ1v) is 6.34. The molecule has 1 fully saturated rings. The standard InChI is InChI=1S/C14H19NO3/c16-12-8-11(9-13(12)17)14(18)15-7-6-10-4-2-1-3-5-10/h1-5,11-13,16-17H,6-9H2,(H,15,18). The van der Waals surface area contributed by atoms with Crippen LogP contribution in [0.4, 0.5) is 0 Å². The lowest BCUT2D eigenvalue weighted by atomic mass is 10.1. The minimum Gasteiger partial charge on any atom is -0.390 e. The third-order valence-corrected chi connectivity index (χ3v) is 3.42. The summed E-state index contributed by atoms with van der Waals surface area (Å²) in [6, 6.07) is 9.95. The van der Waals surface area contributed by atoms with Crippen molar-refractivity contribution in [2.24, 2.45) is 5.92 Å². The van der Waals surface area contributed by atoms with Crippen LogP contribution in [0.1, 0.15) is 18.4 Å². The van der Waals surface area contributed by atoms with Crippen LogP contribution >= 0.6 is 0 Å². The minimum absolute atomic E-state index is 0.0680. The number of benzene rings is 1. The maximum atomic E-state index is 11.8. The number of rotatable bonds is 4. The molecular weight excluding hydrogens is 230 g/mol. The van der Waals surface area contributed by atoms with Crippen LogP contribution in [-0.2, 0) is 11.2 Å². The molecule has 2 atom stereocenters. The molecule has 0 bridgehead atoms. The molecule has 1 amide bonds. The van der Waals surface area contributed by atoms with E-state index in [4.69, 9.17) is 0 Å². The number of amides is 1. The van der Waals surface area contributed by atoms with Crippen LogP contribution in [0, 0.1) is 5.92 Å². The highest BCUT2D eigenvalue weighted by Crippen LogP contribution is 2.25. The summed E-state index contributed by atoms with van der Waals surface area (Å²) in [5.41, 5.74) is 1.18. The van der Waals surface area contributed by atoms with E-state index < -0.39 is 12.2 Å². The van der Waals surface area contributed by atoms with Crippen molar-refractivity contribution < 1.29 is 15.0 Å². The lowest BCUT2D eigenvalue weighted by Gasteiger charge is -2.10. The SMILES string of the molecule is O=C(NCCc1ccccc1)C1CC(O)C(O)C1. The van der Waals surface area contributed by atoms with E-state index in [0.717, 1.165) is 6.42 Å². The van der Waals surface area contributed by atoms with Crippen LogP contribution in [0.5, 0.6) is 0 Å². The van der Waals surface area contributed by atoms with Gasteiger partial charge < -0.3 is 15.5 Å². The van der Waals surface area contributed by atoms with Gasteiger partial charge in [0, 0.05) is 12.5 Å². The van der Waals surface area contributed by atoms with E-state index in [-0.39, 0.29) is 11.8 Å². The fourth-order valence-electron chi connectivity index (χ4n) is 2.33. The van der Waals surface area contributed by atoms with Crippen molar-refractivity contribution in [1.82, 2.24) is 5.32 Å². The zero-order valence-electron chi connectivity index (χ0n) is 10.2. The van der Waals surface area contributed by atoms with Gasteiger partial charge in [0.1, 0.15) is 0 Å². The molecule has 1 aliphatic rings. The Morgan fingerprint density at radius 2 is 1.78 bits per heavy atom. The number of carbonyl (C=O) groups is 1. The monoisotopic (exact) mass is 249 g/mol. The van der Waals surface area contributed by atoms with Crippen LogP contribution in [-0.4, -0.2) is 34.9 Å². The normalized spacial score (nSPS) is 27.1. The number of aliphatic hydroxyl groups is 2. The molecule has 1 aromatic rings. The number of hydrogen-bond acceptors (Lipinski definition) is 3. The van der Waals surface area contributed by atoms with Crippen LogP contribution in [0.25, 0.3) is 0 Å². The number of aliphatic hydroxyl groups excluding tert-OH is 2. The Morgan fingerprint density at radius 3 is 2.39 bits per heavy atom.